The molecule has 0 aliphatic heterocycles. The van der Waals surface area contributed by atoms with E-state index >= 15 is 0 Å². The standard InChI is InChI=1S/C23H53NO3SSi2/c1-18(2)20(24-28(25)21(3,4)5)16-19(27-30(14,15)23(9,10)11)17-26-29(12,13)22(6,7)8/h18-20,24H,16-17H2,1-15H3. The SMILES string of the molecule is CC(C)C(CC(CO[Si](C)(C)C(C)(C)C)O[Si](C)(C)C(C)(C)C)N[S+]([O-])C(C)(C)C. The fourth-order valence-electron chi connectivity index (χ4n) is 2.32. The van der Waals surface area contributed by atoms with Crippen molar-refractivity contribution in [2.24, 2.45) is 5.92 Å². The quantitative estimate of drug-likeness (QED) is 0.274. The zero-order chi connectivity index (χ0) is 24.3. The monoisotopic (exact) mass is 479 g/mol. The van der Waals surface area contributed by atoms with Gasteiger partial charge < -0.3 is 13.4 Å². The van der Waals surface area contributed by atoms with Gasteiger partial charge in [0.1, 0.15) is 4.75 Å². The Labute approximate surface area is 194 Å². The average molecular weight is 480 g/mol. The molecule has 0 aromatic rings. The molecular weight excluding hydrogens is 426 g/mol. The highest BCUT2D eigenvalue weighted by Crippen LogP contribution is 2.39. The van der Waals surface area contributed by atoms with Crippen LogP contribution in [-0.2, 0) is 20.2 Å². The van der Waals surface area contributed by atoms with Crippen molar-refractivity contribution in [2.75, 3.05) is 6.61 Å². The number of hydrogen-bond donors (Lipinski definition) is 1. The third-order valence-electron chi connectivity index (χ3n) is 6.84. The third kappa shape index (κ3) is 9.63. The summed E-state index contributed by atoms with van der Waals surface area (Å²) in [5, 5.41) is 0.301. The Morgan fingerprint density at radius 1 is 0.833 bits per heavy atom. The Morgan fingerprint density at radius 3 is 1.60 bits per heavy atom. The van der Waals surface area contributed by atoms with Crippen molar-refractivity contribution < 1.29 is 13.4 Å². The van der Waals surface area contributed by atoms with Gasteiger partial charge in [0, 0.05) is 11.4 Å². The van der Waals surface area contributed by atoms with Gasteiger partial charge in [-0.1, -0.05) is 55.4 Å². The second-order valence-corrected chi connectivity index (χ2v) is 24.7. The topological polar surface area (TPSA) is 53.5 Å². The van der Waals surface area contributed by atoms with Crippen LogP contribution in [0.4, 0.5) is 0 Å². The average Bonchev–Trinajstić information content (AvgIpc) is 2.48. The summed E-state index contributed by atoms with van der Waals surface area (Å²) in [6.07, 6.45) is 0.803. The molecule has 0 aromatic heterocycles. The highest BCUT2D eigenvalue weighted by Gasteiger charge is 2.42. The van der Waals surface area contributed by atoms with Crippen molar-refractivity contribution in [3.05, 3.63) is 0 Å². The van der Waals surface area contributed by atoms with Gasteiger partial charge in [-0.15, -0.1) is 4.72 Å². The zero-order valence-electron chi connectivity index (χ0n) is 22.8. The van der Waals surface area contributed by atoms with Crippen LogP contribution in [0, 0.1) is 5.92 Å². The lowest BCUT2D eigenvalue weighted by Crippen LogP contribution is -2.52. The van der Waals surface area contributed by atoms with Crippen molar-refractivity contribution >= 4 is 28.0 Å². The molecule has 182 valence electrons. The van der Waals surface area contributed by atoms with E-state index in [0.717, 1.165) is 6.42 Å². The molecule has 3 unspecified atom stereocenters. The first kappa shape index (κ1) is 30.6. The maximum atomic E-state index is 12.8. The molecule has 1 N–H and O–H groups in total. The summed E-state index contributed by atoms with van der Waals surface area (Å²) in [7, 11) is -3.83. The van der Waals surface area contributed by atoms with Crippen LogP contribution in [-0.4, -0.2) is 44.7 Å². The Hall–Kier alpha value is 0.624. The highest BCUT2D eigenvalue weighted by molar-refractivity contribution is 7.90. The highest BCUT2D eigenvalue weighted by atomic mass is 32.2. The van der Waals surface area contributed by atoms with Gasteiger partial charge in [-0.3, -0.25) is 0 Å². The van der Waals surface area contributed by atoms with Crippen molar-refractivity contribution in [3.63, 3.8) is 0 Å². The van der Waals surface area contributed by atoms with Gasteiger partial charge in [0.25, 0.3) is 0 Å². The molecule has 0 saturated carbocycles. The second kappa shape index (κ2) is 10.7. The number of rotatable bonds is 10. The summed E-state index contributed by atoms with van der Waals surface area (Å²) in [4.78, 5) is 0. The van der Waals surface area contributed by atoms with Gasteiger partial charge in [0.15, 0.2) is 16.6 Å². The molecule has 0 aromatic carbocycles. The maximum absolute atomic E-state index is 12.8. The first-order chi connectivity index (χ1) is 13.0. The van der Waals surface area contributed by atoms with Crippen LogP contribution < -0.4 is 4.72 Å². The lowest BCUT2D eigenvalue weighted by Gasteiger charge is -2.42. The molecule has 0 saturated heterocycles. The lowest BCUT2D eigenvalue weighted by atomic mass is 9.99. The van der Waals surface area contributed by atoms with E-state index in [4.69, 9.17) is 8.85 Å². The first-order valence-corrected chi connectivity index (χ1v) is 18.5. The number of hydrogen-bond acceptors (Lipinski definition) is 4. The van der Waals surface area contributed by atoms with Crippen LogP contribution in [0.1, 0.15) is 82.6 Å². The van der Waals surface area contributed by atoms with Gasteiger partial charge in [-0.2, -0.15) is 0 Å². The molecule has 0 radical (unpaired) electrons. The summed E-state index contributed by atoms with van der Waals surface area (Å²) in [5.41, 5.74) is 0. The largest absolute Gasteiger partial charge is 0.598 e. The van der Waals surface area contributed by atoms with Crippen LogP contribution in [0.3, 0.4) is 0 Å². The van der Waals surface area contributed by atoms with E-state index in [1.807, 2.05) is 20.8 Å². The Balaban J connectivity index is 5.63. The van der Waals surface area contributed by atoms with E-state index in [2.05, 4.69) is 86.3 Å². The molecule has 0 aliphatic carbocycles. The lowest BCUT2D eigenvalue weighted by molar-refractivity contribution is 0.0887. The molecule has 7 heteroatoms. The minimum Gasteiger partial charge on any atom is -0.598 e. The Morgan fingerprint density at radius 2 is 1.27 bits per heavy atom. The molecule has 0 spiro atoms. The molecule has 0 aliphatic rings. The molecule has 4 nitrogen and oxygen atoms in total. The second-order valence-electron chi connectivity index (χ2n) is 13.2. The van der Waals surface area contributed by atoms with Crippen molar-refractivity contribution in [1.29, 1.82) is 0 Å². The smallest absolute Gasteiger partial charge is 0.192 e. The van der Waals surface area contributed by atoms with Gasteiger partial charge in [0.05, 0.1) is 18.8 Å². The molecule has 0 bridgehead atoms. The van der Waals surface area contributed by atoms with Crippen molar-refractivity contribution in [3.8, 4) is 0 Å². The van der Waals surface area contributed by atoms with Crippen LogP contribution in [0.15, 0.2) is 0 Å². The minimum atomic E-state index is -1.96. The summed E-state index contributed by atoms with van der Waals surface area (Å²) >= 11 is -1.11. The number of nitrogens with one attached hydrogen (secondary N) is 1. The molecule has 0 rings (SSSR count). The van der Waals surface area contributed by atoms with Crippen LogP contribution in [0.25, 0.3) is 0 Å². The molecule has 0 amide bonds. The van der Waals surface area contributed by atoms with Crippen molar-refractivity contribution in [2.45, 2.75) is 136 Å². The molecular formula is C23H53NO3SSi2. The van der Waals surface area contributed by atoms with E-state index in [1.165, 1.54) is 0 Å². The summed E-state index contributed by atoms with van der Waals surface area (Å²) in [6, 6.07) is 0.114. The summed E-state index contributed by atoms with van der Waals surface area (Å²) in [5.74, 6) is 0.356. The van der Waals surface area contributed by atoms with E-state index in [9.17, 15) is 4.55 Å². The van der Waals surface area contributed by atoms with E-state index in [0.29, 0.717) is 12.5 Å². The van der Waals surface area contributed by atoms with Gasteiger partial charge in [-0.25, -0.2) is 0 Å². The van der Waals surface area contributed by atoms with Gasteiger partial charge in [-0.05, 0) is 69.4 Å². The zero-order valence-corrected chi connectivity index (χ0v) is 25.6. The van der Waals surface area contributed by atoms with Gasteiger partial charge in [0.2, 0.25) is 0 Å². The molecule has 3 atom stereocenters. The van der Waals surface area contributed by atoms with E-state index in [-0.39, 0.29) is 27.0 Å². The summed E-state index contributed by atoms with van der Waals surface area (Å²) < 4.78 is 29.4. The maximum Gasteiger partial charge on any atom is 0.192 e. The van der Waals surface area contributed by atoms with Crippen molar-refractivity contribution in [1.82, 2.24) is 4.72 Å². The van der Waals surface area contributed by atoms with Crippen LogP contribution in [0.2, 0.25) is 36.3 Å². The summed E-state index contributed by atoms with van der Waals surface area (Å²) in [6.45, 7) is 33.9. The van der Waals surface area contributed by atoms with Gasteiger partial charge >= 0.3 is 0 Å². The Bertz CT molecular complexity index is 520. The minimum absolute atomic E-state index is 0.00288. The molecule has 0 fully saturated rings. The van der Waals surface area contributed by atoms with E-state index < -0.39 is 28.0 Å². The predicted octanol–water partition coefficient (Wildman–Crippen LogP) is 6.87. The molecule has 0 heterocycles. The fourth-order valence-corrected chi connectivity index (χ4v) is 5.70. The van der Waals surface area contributed by atoms with Crippen LogP contribution in [0.5, 0.6) is 0 Å². The fraction of sp³-hybridized carbons (Fsp3) is 1.00. The van der Waals surface area contributed by atoms with E-state index in [1.54, 1.807) is 0 Å². The first-order valence-electron chi connectivity index (χ1n) is 11.5. The third-order valence-corrected chi connectivity index (χ3v) is 17.5. The van der Waals surface area contributed by atoms with Crippen LogP contribution >= 0.6 is 0 Å². The Kier molecular flexibility index (Phi) is 10.9. The predicted molar refractivity (Wildman–Crippen MR) is 139 cm³/mol. The molecule has 30 heavy (non-hydrogen) atoms. The normalized spacial score (nSPS) is 17.9.